The topological polar surface area (TPSA) is 27.7 Å². The van der Waals surface area contributed by atoms with E-state index in [4.69, 9.17) is 37.4 Å². The lowest BCUT2D eigenvalue weighted by molar-refractivity contribution is -0.103. The largest absolute Gasteiger partial charge is 0.494 e. The molecular formula is C14H18Cl2O3. The first-order valence-electron chi connectivity index (χ1n) is 6.06. The molecule has 0 spiro atoms. The Kier molecular flexibility index (Phi) is 7.24. The van der Waals surface area contributed by atoms with E-state index in [0.717, 1.165) is 5.56 Å². The van der Waals surface area contributed by atoms with Crippen LogP contribution in [0.2, 0.25) is 10.0 Å². The van der Waals surface area contributed by atoms with Gasteiger partial charge in [0.1, 0.15) is 0 Å². The average Bonchev–Trinajstić information content (AvgIpc) is 2.36. The Bertz CT molecular complexity index is 404. The molecule has 0 bridgehead atoms. The van der Waals surface area contributed by atoms with Crippen molar-refractivity contribution < 1.29 is 14.2 Å². The fourth-order valence-electron chi connectivity index (χ4n) is 1.55. The Hall–Kier alpha value is -0.740. The molecule has 0 amide bonds. The third-order valence-corrected chi connectivity index (χ3v) is 2.89. The zero-order valence-electron chi connectivity index (χ0n) is 11.3. The van der Waals surface area contributed by atoms with Crippen molar-refractivity contribution in [2.24, 2.45) is 0 Å². The van der Waals surface area contributed by atoms with E-state index in [9.17, 15) is 0 Å². The Labute approximate surface area is 124 Å². The molecule has 0 heterocycles. The summed E-state index contributed by atoms with van der Waals surface area (Å²) in [5.41, 5.74) is 0.861. The van der Waals surface area contributed by atoms with Gasteiger partial charge < -0.3 is 14.2 Å². The summed E-state index contributed by atoms with van der Waals surface area (Å²) in [5.74, 6) is 0.478. The van der Waals surface area contributed by atoms with Crippen LogP contribution < -0.4 is 4.74 Å². The molecule has 5 heteroatoms. The normalized spacial score (nSPS) is 11.5. The Morgan fingerprint density at radius 2 is 1.63 bits per heavy atom. The molecular weight excluding hydrogens is 287 g/mol. The van der Waals surface area contributed by atoms with Crippen LogP contribution in [0, 0.1) is 0 Å². The van der Waals surface area contributed by atoms with Crippen LogP contribution in [0.1, 0.15) is 19.4 Å². The quantitative estimate of drug-likeness (QED) is 0.698. The Morgan fingerprint density at radius 3 is 2.05 bits per heavy atom. The Balaban J connectivity index is 2.86. The molecule has 0 fully saturated rings. The summed E-state index contributed by atoms with van der Waals surface area (Å²) in [7, 11) is 1.53. The van der Waals surface area contributed by atoms with Crippen LogP contribution in [0.15, 0.2) is 18.2 Å². The lowest BCUT2D eigenvalue weighted by Gasteiger charge is -2.12. The van der Waals surface area contributed by atoms with Crippen molar-refractivity contribution in [3.05, 3.63) is 33.8 Å². The molecule has 0 aliphatic rings. The molecule has 0 aliphatic carbocycles. The van der Waals surface area contributed by atoms with E-state index in [1.54, 1.807) is 12.1 Å². The van der Waals surface area contributed by atoms with E-state index < -0.39 is 0 Å². The zero-order chi connectivity index (χ0) is 14.3. The second kappa shape index (κ2) is 8.43. The molecule has 0 radical (unpaired) electrons. The van der Waals surface area contributed by atoms with Crippen LogP contribution in [0.4, 0.5) is 0 Å². The SMILES string of the molecule is CCOC(C=Cc1cc(Cl)c(OC)c(Cl)c1)OCC. The lowest BCUT2D eigenvalue weighted by Crippen LogP contribution is -2.13. The smallest absolute Gasteiger partial charge is 0.177 e. The van der Waals surface area contributed by atoms with Gasteiger partial charge in [-0.2, -0.15) is 0 Å². The minimum absolute atomic E-state index is 0.366. The molecule has 3 nitrogen and oxygen atoms in total. The van der Waals surface area contributed by atoms with Crippen molar-refractivity contribution in [2.75, 3.05) is 20.3 Å². The van der Waals surface area contributed by atoms with Gasteiger partial charge in [-0.15, -0.1) is 0 Å². The predicted molar refractivity (Wildman–Crippen MR) is 79.1 cm³/mol. The number of hydrogen-bond acceptors (Lipinski definition) is 3. The average molecular weight is 305 g/mol. The monoisotopic (exact) mass is 304 g/mol. The van der Waals surface area contributed by atoms with Crippen molar-refractivity contribution in [3.8, 4) is 5.75 Å². The maximum absolute atomic E-state index is 6.07. The first-order chi connectivity index (χ1) is 9.12. The standard InChI is InChI=1S/C14H18Cl2O3/c1-4-18-13(19-5-2)7-6-10-8-11(15)14(17-3)12(16)9-10/h6-9,13H,4-5H2,1-3H3. The molecule has 0 atom stereocenters. The van der Waals surface area contributed by atoms with Crippen molar-refractivity contribution >= 4 is 29.3 Å². The Morgan fingerprint density at radius 1 is 1.11 bits per heavy atom. The molecule has 19 heavy (non-hydrogen) atoms. The highest BCUT2D eigenvalue weighted by Gasteiger charge is 2.08. The summed E-state index contributed by atoms with van der Waals surface area (Å²) < 4.78 is 15.9. The summed E-state index contributed by atoms with van der Waals surface area (Å²) in [4.78, 5) is 0. The van der Waals surface area contributed by atoms with E-state index >= 15 is 0 Å². The van der Waals surface area contributed by atoms with Gasteiger partial charge >= 0.3 is 0 Å². The van der Waals surface area contributed by atoms with Crippen molar-refractivity contribution in [3.63, 3.8) is 0 Å². The summed E-state index contributed by atoms with van der Waals surface area (Å²) in [6.45, 7) is 5.00. The number of halogens is 2. The van der Waals surface area contributed by atoms with Crippen LogP contribution in [0.3, 0.4) is 0 Å². The van der Waals surface area contributed by atoms with E-state index in [-0.39, 0.29) is 6.29 Å². The van der Waals surface area contributed by atoms with Crippen LogP contribution in [-0.4, -0.2) is 26.6 Å². The third kappa shape index (κ3) is 5.03. The highest BCUT2D eigenvalue weighted by Crippen LogP contribution is 2.34. The second-order valence-electron chi connectivity index (χ2n) is 3.66. The van der Waals surface area contributed by atoms with Crippen molar-refractivity contribution in [1.82, 2.24) is 0 Å². The molecule has 0 unspecified atom stereocenters. The lowest BCUT2D eigenvalue weighted by atomic mass is 10.2. The fourth-order valence-corrected chi connectivity index (χ4v) is 2.21. The maximum Gasteiger partial charge on any atom is 0.177 e. The number of methoxy groups -OCH3 is 1. The van der Waals surface area contributed by atoms with Gasteiger partial charge in [0, 0.05) is 13.2 Å². The van der Waals surface area contributed by atoms with Gasteiger partial charge in [-0.25, -0.2) is 0 Å². The first-order valence-corrected chi connectivity index (χ1v) is 6.82. The second-order valence-corrected chi connectivity index (χ2v) is 4.47. The number of benzene rings is 1. The molecule has 0 saturated heterocycles. The summed E-state index contributed by atoms with van der Waals surface area (Å²) in [5, 5.41) is 0.943. The van der Waals surface area contributed by atoms with Crippen LogP contribution in [0.25, 0.3) is 6.08 Å². The van der Waals surface area contributed by atoms with Gasteiger partial charge in [-0.05, 0) is 37.6 Å². The molecule has 1 aromatic rings. The number of rotatable bonds is 7. The van der Waals surface area contributed by atoms with Gasteiger partial charge in [-0.3, -0.25) is 0 Å². The first kappa shape index (κ1) is 16.3. The van der Waals surface area contributed by atoms with Crippen molar-refractivity contribution in [1.29, 1.82) is 0 Å². The van der Waals surface area contributed by atoms with E-state index in [1.807, 2.05) is 26.0 Å². The highest BCUT2D eigenvalue weighted by atomic mass is 35.5. The van der Waals surface area contributed by atoms with Crippen molar-refractivity contribution in [2.45, 2.75) is 20.1 Å². The van der Waals surface area contributed by atoms with Crippen LogP contribution in [-0.2, 0) is 9.47 Å². The number of hydrogen-bond donors (Lipinski definition) is 0. The zero-order valence-corrected chi connectivity index (χ0v) is 12.8. The van der Waals surface area contributed by atoms with Gasteiger partial charge in [-0.1, -0.05) is 29.3 Å². The van der Waals surface area contributed by atoms with Gasteiger partial charge in [0.15, 0.2) is 12.0 Å². The van der Waals surface area contributed by atoms with Crippen LogP contribution in [0.5, 0.6) is 5.75 Å². The van der Waals surface area contributed by atoms with E-state index in [0.29, 0.717) is 29.0 Å². The molecule has 1 rings (SSSR count). The summed E-state index contributed by atoms with van der Waals surface area (Å²) in [6, 6.07) is 3.55. The summed E-state index contributed by atoms with van der Waals surface area (Å²) in [6.07, 6.45) is 3.31. The van der Waals surface area contributed by atoms with Gasteiger partial charge in [0.05, 0.1) is 17.2 Å². The maximum atomic E-state index is 6.07. The molecule has 106 valence electrons. The highest BCUT2D eigenvalue weighted by molar-refractivity contribution is 6.37. The molecule has 1 aromatic carbocycles. The summed E-state index contributed by atoms with van der Waals surface area (Å²) >= 11 is 12.1. The predicted octanol–water partition coefficient (Wildman–Crippen LogP) is 4.41. The molecule has 0 saturated carbocycles. The van der Waals surface area contributed by atoms with Crippen LogP contribution >= 0.6 is 23.2 Å². The van der Waals surface area contributed by atoms with Gasteiger partial charge in [0.2, 0.25) is 0 Å². The van der Waals surface area contributed by atoms with E-state index in [2.05, 4.69) is 0 Å². The molecule has 0 N–H and O–H groups in total. The molecule has 0 aliphatic heterocycles. The van der Waals surface area contributed by atoms with E-state index in [1.165, 1.54) is 7.11 Å². The minimum Gasteiger partial charge on any atom is -0.494 e. The molecule has 0 aromatic heterocycles. The van der Waals surface area contributed by atoms with Gasteiger partial charge in [0.25, 0.3) is 0 Å². The third-order valence-electron chi connectivity index (χ3n) is 2.33. The fraction of sp³-hybridized carbons (Fsp3) is 0.429. The number of ether oxygens (including phenoxy) is 3. The minimum atomic E-state index is -0.366.